The second-order valence-corrected chi connectivity index (χ2v) is 6.87. The van der Waals surface area contributed by atoms with Crippen molar-refractivity contribution in [2.24, 2.45) is 0 Å². The Labute approximate surface area is 149 Å². The van der Waals surface area contributed by atoms with Crippen LogP contribution in [0.2, 0.25) is 0 Å². The zero-order valence-corrected chi connectivity index (χ0v) is 15.5. The first kappa shape index (κ1) is 17.7. The molecule has 0 bridgehead atoms. The van der Waals surface area contributed by atoms with Gasteiger partial charge in [0, 0.05) is 50.4 Å². The zero-order valence-electron chi connectivity index (χ0n) is 15.5. The highest BCUT2D eigenvalue weighted by molar-refractivity contribution is 6.10. The number of rotatable bonds is 5. The zero-order chi connectivity index (χ0) is 18.0. The van der Waals surface area contributed by atoms with E-state index in [0.717, 1.165) is 29.5 Å². The minimum absolute atomic E-state index is 0.0183. The van der Waals surface area contributed by atoms with Crippen LogP contribution in [0.3, 0.4) is 0 Å². The largest absolute Gasteiger partial charge is 0.377 e. The molecule has 134 valence electrons. The lowest BCUT2D eigenvalue weighted by molar-refractivity contribution is 0.0513. The van der Waals surface area contributed by atoms with E-state index in [2.05, 4.69) is 28.2 Å². The number of nitrogens with zero attached hydrogens (tertiary/aromatic N) is 2. The van der Waals surface area contributed by atoms with Crippen molar-refractivity contribution >= 4 is 22.4 Å². The summed E-state index contributed by atoms with van der Waals surface area (Å²) in [7, 11) is 6.09. The highest BCUT2D eigenvalue weighted by atomic mass is 16.5. The van der Waals surface area contributed by atoms with Crippen molar-refractivity contribution in [3.05, 3.63) is 42.0 Å². The highest BCUT2D eigenvalue weighted by Crippen LogP contribution is 2.28. The number of carbonyl (C=O) groups is 1. The molecule has 0 spiro atoms. The van der Waals surface area contributed by atoms with E-state index in [1.165, 1.54) is 0 Å². The number of ether oxygens (including phenoxy) is 1. The minimum Gasteiger partial charge on any atom is -0.377 e. The Morgan fingerprint density at radius 2 is 1.92 bits per heavy atom. The number of hydrogen-bond donors (Lipinski definition) is 1. The number of benzene rings is 2. The molecule has 2 unspecified atom stereocenters. The summed E-state index contributed by atoms with van der Waals surface area (Å²) in [5.41, 5.74) is 1.82. The molecule has 1 fully saturated rings. The molecule has 0 radical (unpaired) electrons. The first-order valence-corrected chi connectivity index (χ1v) is 8.81. The molecule has 5 heteroatoms. The van der Waals surface area contributed by atoms with Crippen molar-refractivity contribution in [2.75, 3.05) is 45.7 Å². The van der Waals surface area contributed by atoms with Crippen LogP contribution in [0.1, 0.15) is 17.3 Å². The summed E-state index contributed by atoms with van der Waals surface area (Å²) in [5, 5.41) is 5.25. The molecule has 3 rings (SSSR count). The highest BCUT2D eigenvalue weighted by Gasteiger charge is 2.32. The molecule has 0 saturated carbocycles. The first-order chi connectivity index (χ1) is 12.0. The fourth-order valence-corrected chi connectivity index (χ4v) is 3.60. The number of anilines is 1. The quantitative estimate of drug-likeness (QED) is 0.907. The van der Waals surface area contributed by atoms with Gasteiger partial charge < -0.3 is 19.9 Å². The lowest BCUT2D eigenvalue weighted by Gasteiger charge is -2.21. The third-order valence-corrected chi connectivity index (χ3v) is 4.77. The summed E-state index contributed by atoms with van der Waals surface area (Å²) in [6.45, 7) is 4.30. The number of amides is 1. The van der Waals surface area contributed by atoms with E-state index < -0.39 is 0 Å². The van der Waals surface area contributed by atoms with Crippen LogP contribution < -0.4 is 10.2 Å². The number of carbonyl (C=O) groups excluding carboxylic acids is 1. The first-order valence-electron chi connectivity index (χ1n) is 8.81. The third kappa shape index (κ3) is 3.62. The van der Waals surface area contributed by atoms with Gasteiger partial charge in [0.1, 0.15) is 0 Å². The molecule has 1 aliphatic rings. The molecule has 25 heavy (non-hydrogen) atoms. The van der Waals surface area contributed by atoms with Gasteiger partial charge in [-0.2, -0.15) is 0 Å². The van der Waals surface area contributed by atoms with Gasteiger partial charge in [-0.15, -0.1) is 0 Å². The summed E-state index contributed by atoms with van der Waals surface area (Å²) < 4.78 is 5.80. The van der Waals surface area contributed by atoms with Gasteiger partial charge in [0.15, 0.2) is 0 Å². The Morgan fingerprint density at radius 3 is 2.60 bits per heavy atom. The van der Waals surface area contributed by atoms with Gasteiger partial charge in [0.25, 0.3) is 5.91 Å². The molecule has 2 aromatic rings. The van der Waals surface area contributed by atoms with Crippen molar-refractivity contribution in [1.82, 2.24) is 10.2 Å². The van der Waals surface area contributed by atoms with Crippen LogP contribution in [0, 0.1) is 0 Å². The van der Waals surface area contributed by atoms with Crippen LogP contribution in [-0.4, -0.2) is 63.8 Å². The van der Waals surface area contributed by atoms with Crippen LogP contribution in [0.25, 0.3) is 10.8 Å². The average molecular weight is 341 g/mol. The maximum absolute atomic E-state index is 13.0. The average Bonchev–Trinajstić information content (AvgIpc) is 2.93. The van der Waals surface area contributed by atoms with Crippen molar-refractivity contribution < 1.29 is 9.53 Å². The SMILES string of the molecule is CCOC1CN(C)CC1NC(=O)c1ccc(N(C)C)c2ccccc12. The fraction of sp³-hybridized carbons (Fsp3) is 0.450. The predicted molar refractivity (Wildman–Crippen MR) is 102 cm³/mol. The second-order valence-electron chi connectivity index (χ2n) is 6.87. The van der Waals surface area contributed by atoms with Crippen LogP contribution in [0.15, 0.2) is 36.4 Å². The Balaban J connectivity index is 1.89. The molecule has 1 saturated heterocycles. The molecule has 5 nitrogen and oxygen atoms in total. The molecule has 1 heterocycles. The Hall–Kier alpha value is -2.11. The summed E-state index contributed by atoms with van der Waals surface area (Å²) in [6, 6.07) is 12.0. The number of fused-ring (bicyclic) bond motifs is 1. The van der Waals surface area contributed by atoms with Gasteiger partial charge in [0.2, 0.25) is 0 Å². The Morgan fingerprint density at radius 1 is 1.20 bits per heavy atom. The predicted octanol–water partition coefficient (Wildman–Crippen LogP) is 2.35. The summed E-state index contributed by atoms with van der Waals surface area (Å²) in [6.07, 6.45) is 0.0475. The van der Waals surface area contributed by atoms with E-state index >= 15 is 0 Å². The summed E-state index contributed by atoms with van der Waals surface area (Å²) in [4.78, 5) is 17.2. The van der Waals surface area contributed by atoms with E-state index in [1.54, 1.807) is 0 Å². The molecule has 0 aromatic heterocycles. The smallest absolute Gasteiger partial charge is 0.252 e. The molecule has 1 aliphatic heterocycles. The van der Waals surface area contributed by atoms with Gasteiger partial charge in [-0.25, -0.2) is 0 Å². The van der Waals surface area contributed by atoms with E-state index in [9.17, 15) is 4.79 Å². The number of nitrogens with one attached hydrogen (secondary N) is 1. The van der Waals surface area contributed by atoms with Crippen LogP contribution in [0.5, 0.6) is 0 Å². The van der Waals surface area contributed by atoms with E-state index in [4.69, 9.17) is 4.74 Å². The van der Waals surface area contributed by atoms with Crippen LogP contribution >= 0.6 is 0 Å². The number of likely N-dealkylation sites (tertiary alicyclic amines) is 1. The van der Waals surface area contributed by atoms with Crippen LogP contribution in [0.4, 0.5) is 5.69 Å². The van der Waals surface area contributed by atoms with Crippen molar-refractivity contribution in [3.63, 3.8) is 0 Å². The van der Waals surface area contributed by atoms with Crippen molar-refractivity contribution in [2.45, 2.75) is 19.1 Å². The summed E-state index contributed by atoms with van der Waals surface area (Å²) >= 11 is 0. The standard InChI is InChI=1S/C20H27N3O2/c1-5-25-19-13-23(4)12-17(19)21-20(24)16-10-11-18(22(2)3)15-9-7-6-8-14(15)16/h6-11,17,19H,5,12-13H2,1-4H3,(H,21,24). The van der Waals surface area contributed by atoms with E-state index in [1.807, 2.05) is 51.4 Å². The normalized spacial score (nSPS) is 20.8. The van der Waals surface area contributed by atoms with Crippen LogP contribution in [-0.2, 0) is 4.74 Å². The number of hydrogen-bond acceptors (Lipinski definition) is 4. The second kappa shape index (κ2) is 7.42. The lowest BCUT2D eigenvalue weighted by Crippen LogP contribution is -2.44. The topological polar surface area (TPSA) is 44.8 Å². The molecule has 1 amide bonds. The molecule has 2 aromatic carbocycles. The van der Waals surface area contributed by atoms with Crippen molar-refractivity contribution in [1.29, 1.82) is 0 Å². The van der Waals surface area contributed by atoms with E-state index in [0.29, 0.717) is 12.2 Å². The van der Waals surface area contributed by atoms with Gasteiger partial charge in [0.05, 0.1) is 12.1 Å². The molecule has 1 N–H and O–H groups in total. The monoisotopic (exact) mass is 341 g/mol. The molecule has 2 atom stereocenters. The fourth-order valence-electron chi connectivity index (χ4n) is 3.60. The maximum atomic E-state index is 13.0. The molecular weight excluding hydrogens is 314 g/mol. The maximum Gasteiger partial charge on any atom is 0.252 e. The number of likely N-dealkylation sites (N-methyl/N-ethyl adjacent to an activating group) is 1. The Kier molecular flexibility index (Phi) is 5.25. The van der Waals surface area contributed by atoms with E-state index in [-0.39, 0.29) is 18.1 Å². The van der Waals surface area contributed by atoms with Gasteiger partial charge in [-0.1, -0.05) is 24.3 Å². The molecule has 0 aliphatic carbocycles. The van der Waals surface area contributed by atoms with Gasteiger partial charge >= 0.3 is 0 Å². The van der Waals surface area contributed by atoms with Gasteiger partial charge in [-0.05, 0) is 31.5 Å². The minimum atomic E-state index is -0.0356. The van der Waals surface area contributed by atoms with Crippen molar-refractivity contribution in [3.8, 4) is 0 Å². The molecular formula is C20H27N3O2. The lowest BCUT2D eigenvalue weighted by atomic mass is 10.0. The Bertz CT molecular complexity index is 760. The third-order valence-electron chi connectivity index (χ3n) is 4.77. The van der Waals surface area contributed by atoms with Gasteiger partial charge in [-0.3, -0.25) is 4.79 Å². The summed E-state index contributed by atoms with van der Waals surface area (Å²) in [5.74, 6) is -0.0356.